The maximum Gasteiger partial charge on any atom is 0.279 e. The van der Waals surface area contributed by atoms with E-state index in [1.54, 1.807) is 0 Å². The first-order valence-corrected chi connectivity index (χ1v) is 6.62. The molecular weight excluding hydrogens is 240 g/mol. The van der Waals surface area contributed by atoms with Crippen LogP contribution in [0.4, 0.5) is 8.78 Å². The summed E-state index contributed by atoms with van der Waals surface area (Å²) >= 11 is 0. The SMILES string of the molecule is NCC1CCN(S(=O)(=O)NCC(F)F)CC1. The zero-order valence-electron chi connectivity index (χ0n) is 8.90. The molecule has 16 heavy (non-hydrogen) atoms. The Morgan fingerprint density at radius 1 is 1.38 bits per heavy atom. The van der Waals surface area contributed by atoms with E-state index in [0.717, 1.165) is 0 Å². The summed E-state index contributed by atoms with van der Waals surface area (Å²) in [6, 6.07) is 0. The van der Waals surface area contributed by atoms with E-state index in [4.69, 9.17) is 5.73 Å². The lowest BCUT2D eigenvalue weighted by Gasteiger charge is -2.30. The molecule has 0 aromatic carbocycles. The molecule has 1 saturated heterocycles. The molecule has 1 heterocycles. The molecule has 0 aromatic heterocycles. The van der Waals surface area contributed by atoms with Gasteiger partial charge in [0.05, 0.1) is 6.54 Å². The molecule has 0 spiro atoms. The minimum Gasteiger partial charge on any atom is -0.330 e. The van der Waals surface area contributed by atoms with E-state index in [9.17, 15) is 17.2 Å². The van der Waals surface area contributed by atoms with Crippen LogP contribution in [0.3, 0.4) is 0 Å². The molecule has 0 unspecified atom stereocenters. The van der Waals surface area contributed by atoms with Crippen LogP contribution in [-0.2, 0) is 10.2 Å². The van der Waals surface area contributed by atoms with Crippen molar-refractivity contribution >= 4 is 10.2 Å². The zero-order valence-corrected chi connectivity index (χ0v) is 9.72. The van der Waals surface area contributed by atoms with Gasteiger partial charge in [-0.3, -0.25) is 0 Å². The molecule has 8 heteroatoms. The fraction of sp³-hybridized carbons (Fsp3) is 1.00. The quantitative estimate of drug-likeness (QED) is 0.713. The van der Waals surface area contributed by atoms with E-state index in [-0.39, 0.29) is 0 Å². The average molecular weight is 257 g/mol. The summed E-state index contributed by atoms with van der Waals surface area (Å²) in [5.74, 6) is 0.335. The molecule has 1 fully saturated rings. The van der Waals surface area contributed by atoms with E-state index < -0.39 is 23.2 Å². The van der Waals surface area contributed by atoms with E-state index >= 15 is 0 Å². The minimum atomic E-state index is -3.75. The first-order valence-electron chi connectivity index (χ1n) is 5.18. The summed E-state index contributed by atoms with van der Waals surface area (Å²) in [6.45, 7) is 0.401. The molecule has 1 rings (SSSR count). The minimum absolute atomic E-state index is 0.335. The van der Waals surface area contributed by atoms with Crippen LogP contribution >= 0.6 is 0 Å². The highest BCUT2D eigenvalue weighted by Crippen LogP contribution is 2.17. The van der Waals surface area contributed by atoms with Gasteiger partial charge in [-0.15, -0.1) is 0 Å². The van der Waals surface area contributed by atoms with Gasteiger partial charge in [0, 0.05) is 13.1 Å². The van der Waals surface area contributed by atoms with Crippen LogP contribution in [0.2, 0.25) is 0 Å². The smallest absolute Gasteiger partial charge is 0.279 e. The third-order valence-electron chi connectivity index (χ3n) is 2.67. The molecule has 5 nitrogen and oxygen atoms in total. The highest BCUT2D eigenvalue weighted by atomic mass is 32.2. The van der Waals surface area contributed by atoms with Crippen molar-refractivity contribution in [3.63, 3.8) is 0 Å². The molecule has 0 bridgehead atoms. The summed E-state index contributed by atoms with van der Waals surface area (Å²) in [6.07, 6.45) is -1.30. The lowest BCUT2D eigenvalue weighted by molar-refractivity contribution is 0.152. The van der Waals surface area contributed by atoms with Gasteiger partial charge in [0.25, 0.3) is 16.6 Å². The number of alkyl halides is 2. The van der Waals surface area contributed by atoms with Crippen molar-refractivity contribution in [2.45, 2.75) is 19.3 Å². The topological polar surface area (TPSA) is 75.4 Å². The average Bonchev–Trinajstić information content (AvgIpc) is 2.27. The Labute approximate surface area is 94.2 Å². The molecule has 0 radical (unpaired) electrons. The van der Waals surface area contributed by atoms with Crippen molar-refractivity contribution < 1.29 is 17.2 Å². The Hall–Kier alpha value is -0.310. The van der Waals surface area contributed by atoms with Gasteiger partial charge in [-0.2, -0.15) is 17.4 Å². The highest BCUT2D eigenvalue weighted by molar-refractivity contribution is 7.87. The van der Waals surface area contributed by atoms with Gasteiger partial charge in [0.1, 0.15) is 0 Å². The predicted octanol–water partition coefficient (Wildman–Crippen LogP) is -0.243. The van der Waals surface area contributed by atoms with Crippen molar-refractivity contribution in [2.75, 3.05) is 26.2 Å². The Balaban J connectivity index is 2.45. The second kappa shape index (κ2) is 5.85. The summed E-state index contributed by atoms with van der Waals surface area (Å²) in [5, 5.41) is 0. The normalized spacial score (nSPS) is 20.5. The van der Waals surface area contributed by atoms with Crippen LogP contribution in [0.5, 0.6) is 0 Å². The number of nitrogens with zero attached hydrogens (tertiary/aromatic N) is 1. The summed E-state index contributed by atoms with van der Waals surface area (Å²) in [7, 11) is -3.75. The zero-order chi connectivity index (χ0) is 12.2. The molecule has 1 aliphatic heterocycles. The first kappa shape index (κ1) is 13.8. The Morgan fingerprint density at radius 3 is 2.38 bits per heavy atom. The molecular formula is C8H17F2N3O2S. The second-order valence-electron chi connectivity index (χ2n) is 3.82. The van der Waals surface area contributed by atoms with Crippen molar-refractivity contribution in [1.82, 2.24) is 9.03 Å². The lowest BCUT2D eigenvalue weighted by atomic mass is 9.99. The van der Waals surface area contributed by atoms with Crippen molar-refractivity contribution in [3.8, 4) is 0 Å². The number of piperidine rings is 1. The first-order chi connectivity index (χ1) is 7.45. The van der Waals surface area contributed by atoms with Crippen LogP contribution < -0.4 is 10.5 Å². The van der Waals surface area contributed by atoms with Crippen molar-refractivity contribution in [1.29, 1.82) is 0 Å². The number of nitrogens with two attached hydrogens (primary N) is 1. The number of hydrogen-bond donors (Lipinski definition) is 2. The van der Waals surface area contributed by atoms with Crippen LogP contribution in [-0.4, -0.2) is 45.3 Å². The monoisotopic (exact) mass is 257 g/mol. The maximum absolute atomic E-state index is 11.9. The van der Waals surface area contributed by atoms with Gasteiger partial charge in [-0.05, 0) is 25.3 Å². The van der Waals surface area contributed by atoms with Crippen LogP contribution in [0, 0.1) is 5.92 Å². The molecule has 0 aromatic rings. The fourth-order valence-corrected chi connectivity index (χ4v) is 2.86. The largest absolute Gasteiger partial charge is 0.330 e. The van der Waals surface area contributed by atoms with Gasteiger partial charge < -0.3 is 5.73 Å². The molecule has 0 atom stereocenters. The Kier molecular flexibility index (Phi) is 5.03. The molecule has 3 N–H and O–H groups in total. The molecule has 0 saturated carbocycles. The van der Waals surface area contributed by atoms with Gasteiger partial charge in [-0.25, -0.2) is 8.78 Å². The summed E-state index contributed by atoms with van der Waals surface area (Å²) in [4.78, 5) is 0. The van der Waals surface area contributed by atoms with Crippen LogP contribution in [0.15, 0.2) is 0 Å². The van der Waals surface area contributed by atoms with E-state index in [1.807, 2.05) is 4.72 Å². The molecule has 1 aliphatic rings. The number of hydrogen-bond acceptors (Lipinski definition) is 3. The van der Waals surface area contributed by atoms with Gasteiger partial charge in [0.15, 0.2) is 0 Å². The van der Waals surface area contributed by atoms with Crippen LogP contribution in [0.25, 0.3) is 0 Å². The molecule has 0 aliphatic carbocycles. The summed E-state index contributed by atoms with van der Waals surface area (Å²) < 4.78 is 49.9. The van der Waals surface area contributed by atoms with Gasteiger partial charge in [0.2, 0.25) is 0 Å². The maximum atomic E-state index is 11.9. The van der Waals surface area contributed by atoms with Crippen molar-refractivity contribution in [3.05, 3.63) is 0 Å². The molecule has 96 valence electrons. The van der Waals surface area contributed by atoms with E-state index in [0.29, 0.717) is 38.4 Å². The number of halogens is 2. The Morgan fingerprint density at radius 2 is 1.94 bits per heavy atom. The number of rotatable bonds is 5. The highest BCUT2D eigenvalue weighted by Gasteiger charge is 2.27. The third-order valence-corrected chi connectivity index (χ3v) is 4.24. The van der Waals surface area contributed by atoms with E-state index in [1.165, 1.54) is 4.31 Å². The third kappa shape index (κ3) is 3.93. The summed E-state index contributed by atoms with van der Waals surface area (Å²) in [5.41, 5.74) is 5.47. The standard InChI is InChI=1S/C8H17F2N3O2S/c9-8(10)6-12-16(14,15)13-3-1-7(5-11)2-4-13/h7-8,12H,1-6,11H2. The predicted molar refractivity (Wildman–Crippen MR) is 56.3 cm³/mol. The van der Waals surface area contributed by atoms with Gasteiger partial charge in [-0.1, -0.05) is 0 Å². The Bertz CT molecular complexity index is 302. The van der Waals surface area contributed by atoms with Crippen molar-refractivity contribution in [2.24, 2.45) is 11.7 Å². The lowest BCUT2D eigenvalue weighted by Crippen LogP contribution is -2.46. The molecule has 0 amide bonds. The number of nitrogens with one attached hydrogen (secondary N) is 1. The van der Waals surface area contributed by atoms with Crippen LogP contribution in [0.1, 0.15) is 12.8 Å². The van der Waals surface area contributed by atoms with E-state index in [2.05, 4.69) is 0 Å². The second-order valence-corrected chi connectivity index (χ2v) is 5.58. The van der Waals surface area contributed by atoms with Gasteiger partial charge >= 0.3 is 0 Å². The fourth-order valence-electron chi connectivity index (χ4n) is 1.64.